The molecule has 7 nitrogen and oxygen atoms in total. The van der Waals surface area contributed by atoms with Crippen LogP contribution in [0, 0.1) is 11.3 Å². The summed E-state index contributed by atoms with van der Waals surface area (Å²) in [7, 11) is 0. The maximum absolute atomic E-state index is 12.7. The van der Waals surface area contributed by atoms with Crippen molar-refractivity contribution in [1.29, 1.82) is 5.26 Å². The smallest absolute Gasteiger partial charge is 0.345 e. The first-order chi connectivity index (χ1) is 13.0. The second-order valence-corrected chi connectivity index (χ2v) is 5.36. The highest BCUT2D eigenvalue weighted by Gasteiger charge is 2.19. The Labute approximate surface area is 157 Å². The van der Waals surface area contributed by atoms with Gasteiger partial charge >= 0.3 is 5.97 Å². The number of para-hydroxylation sites is 1. The van der Waals surface area contributed by atoms with Gasteiger partial charge in [0.1, 0.15) is 11.5 Å². The van der Waals surface area contributed by atoms with Gasteiger partial charge in [-0.3, -0.25) is 9.79 Å². The maximum atomic E-state index is 12.7. The minimum Gasteiger partial charge on any atom is -0.492 e. The number of ether oxygens (including phenoxy) is 2. The molecular weight excluding hydrogens is 346 g/mol. The Bertz CT molecular complexity index is 886. The van der Waals surface area contributed by atoms with Crippen molar-refractivity contribution < 1.29 is 19.1 Å². The van der Waals surface area contributed by atoms with Gasteiger partial charge in [0.15, 0.2) is 0 Å². The molecule has 0 aliphatic rings. The molecule has 0 spiro atoms. The molecule has 0 radical (unpaired) electrons. The first-order valence-corrected chi connectivity index (χ1v) is 8.30. The molecule has 2 aromatic carbocycles. The van der Waals surface area contributed by atoms with Crippen molar-refractivity contribution in [1.82, 2.24) is 0 Å². The van der Waals surface area contributed by atoms with Crippen molar-refractivity contribution in [2.45, 2.75) is 20.3 Å². The summed E-state index contributed by atoms with van der Waals surface area (Å²) in [6.45, 7) is 3.52. The number of esters is 1. The van der Waals surface area contributed by atoms with Crippen molar-refractivity contribution >= 4 is 29.5 Å². The Morgan fingerprint density at radius 1 is 1.26 bits per heavy atom. The average molecular weight is 365 g/mol. The Morgan fingerprint density at radius 3 is 2.63 bits per heavy atom. The van der Waals surface area contributed by atoms with Crippen molar-refractivity contribution in [3.05, 3.63) is 48.0 Å². The van der Waals surface area contributed by atoms with E-state index in [0.29, 0.717) is 23.8 Å². The van der Waals surface area contributed by atoms with Crippen LogP contribution in [-0.4, -0.2) is 24.7 Å². The first kappa shape index (κ1) is 19.7. The standard InChI is InChI=1S/C20H19N3O4/c1-3-26-19-13-17(22-11-7-10-21)16(12-18(19)23-14(2)24)20(25)27-15-8-5-4-6-9-15/h4-6,8-9,11-13H,3,7H2,1-2H3,(H,23,24). The fraction of sp³-hybridized carbons (Fsp3) is 0.200. The largest absolute Gasteiger partial charge is 0.492 e. The predicted molar refractivity (Wildman–Crippen MR) is 102 cm³/mol. The molecule has 0 fully saturated rings. The number of carbonyl (C=O) groups is 2. The summed E-state index contributed by atoms with van der Waals surface area (Å²) < 4.78 is 10.9. The lowest BCUT2D eigenvalue weighted by Gasteiger charge is -2.14. The third kappa shape index (κ3) is 5.68. The minimum atomic E-state index is -0.639. The van der Waals surface area contributed by atoms with Gasteiger partial charge in [-0.2, -0.15) is 5.26 Å². The summed E-state index contributed by atoms with van der Waals surface area (Å²) in [4.78, 5) is 28.3. The van der Waals surface area contributed by atoms with Gasteiger partial charge in [-0.25, -0.2) is 4.79 Å². The molecule has 0 unspecified atom stereocenters. The van der Waals surface area contributed by atoms with Gasteiger partial charge in [-0.1, -0.05) is 18.2 Å². The average Bonchev–Trinajstić information content (AvgIpc) is 2.64. The quantitative estimate of drug-likeness (QED) is 0.456. The first-order valence-electron chi connectivity index (χ1n) is 8.30. The summed E-state index contributed by atoms with van der Waals surface area (Å²) in [5, 5.41) is 11.3. The molecule has 0 heterocycles. The zero-order valence-corrected chi connectivity index (χ0v) is 15.1. The van der Waals surface area contributed by atoms with E-state index < -0.39 is 5.97 Å². The lowest BCUT2D eigenvalue weighted by Crippen LogP contribution is -2.12. The van der Waals surface area contributed by atoms with E-state index in [-0.39, 0.29) is 23.6 Å². The fourth-order valence-electron chi connectivity index (χ4n) is 2.24. The van der Waals surface area contributed by atoms with Crippen LogP contribution >= 0.6 is 0 Å². The molecule has 1 N–H and O–H groups in total. The van der Waals surface area contributed by atoms with Crippen molar-refractivity contribution in [3.8, 4) is 17.6 Å². The number of hydrogen-bond acceptors (Lipinski definition) is 6. The number of amides is 1. The molecule has 0 aliphatic carbocycles. The lowest BCUT2D eigenvalue weighted by molar-refractivity contribution is -0.114. The summed E-state index contributed by atoms with van der Waals surface area (Å²) in [6.07, 6.45) is 1.48. The van der Waals surface area contributed by atoms with Crippen LogP contribution in [-0.2, 0) is 4.79 Å². The molecule has 0 aliphatic heterocycles. The Hall–Kier alpha value is -3.66. The number of nitrogens with zero attached hydrogens (tertiary/aromatic N) is 2. The van der Waals surface area contributed by atoms with Crippen LogP contribution in [0.1, 0.15) is 30.6 Å². The third-order valence-electron chi connectivity index (χ3n) is 3.30. The molecule has 0 saturated heterocycles. The molecule has 0 bridgehead atoms. The topological polar surface area (TPSA) is 101 Å². The number of aliphatic imine (C=N–C) groups is 1. The third-order valence-corrected chi connectivity index (χ3v) is 3.30. The van der Waals surface area contributed by atoms with Crippen LogP contribution in [0.4, 0.5) is 11.4 Å². The van der Waals surface area contributed by atoms with Gasteiger partial charge in [-0.05, 0) is 25.1 Å². The molecule has 2 aromatic rings. The molecule has 27 heavy (non-hydrogen) atoms. The zero-order chi connectivity index (χ0) is 19.6. The predicted octanol–water partition coefficient (Wildman–Crippen LogP) is 3.88. The van der Waals surface area contributed by atoms with Gasteiger partial charge in [-0.15, -0.1) is 0 Å². The van der Waals surface area contributed by atoms with Crippen LogP contribution in [0.2, 0.25) is 0 Å². The number of nitrogens with one attached hydrogen (secondary N) is 1. The summed E-state index contributed by atoms with van der Waals surface area (Å²) >= 11 is 0. The Morgan fingerprint density at radius 2 is 2.00 bits per heavy atom. The second-order valence-electron chi connectivity index (χ2n) is 5.36. The van der Waals surface area contributed by atoms with Crippen molar-refractivity contribution in [3.63, 3.8) is 0 Å². The molecule has 0 atom stereocenters. The number of rotatable bonds is 7. The highest BCUT2D eigenvalue weighted by molar-refractivity contribution is 6.00. The van der Waals surface area contributed by atoms with E-state index in [4.69, 9.17) is 14.7 Å². The molecule has 2 rings (SSSR count). The lowest BCUT2D eigenvalue weighted by atomic mass is 10.1. The number of hydrogen-bond donors (Lipinski definition) is 1. The number of benzene rings is 2. The number of carbonyl (C=O) groups excluding carboxylic acids is 2. The summed E-state index contributed by atoms with van der Waals surface area (Å²) in [5.41, 5.74) is 0.757. The van der Waals surface area contributed by atoms with E-state index in [1.807, 2.05) is 6.07 Å². The molecule has 0 aromatic heterocycles. The summed E-state index contributed by atoms with van der Waals surface area (Å²) in [5.74, 6) is -0.198. The van der Waals surface area contributed by atoms with E-state index in [2.05, 4.69) is 10.3 Å². The maximum Gasteiger partial charge on any atom is 0.345 e. The molecule has 0 saturated carbocycles. The van der Waals surface area contributed by atoms with E-state index in [0.717, 1.165) is 0 Å². The summed E-state index contributed by atoms with van der Waals surface area (Å²) in [6, 6.07) is 13.5. The monoisotopic (exact) mass is 365 g/mol. The van der Waals surface area contributed by atoms with Crippen LogP contribution in [0.15, 0.2) is 47.5 Å². The number of anilines is 1. The SMILES string of the molecule is CCOc1cc(N=CCC#N)c(C(=O)Oc2ccccc2)cc1NC(C)=O. The second kappa shape index (κ2) is 9.73. The zero-order valence-electron chi connectivity index (χ0n) is 15.1. The van der Waals surface area contributed by atoms with E-state index in [1.54, 1.807) is 37.3 Å². The molecule has 138 valence electrons. The van der Waals surface area contributed by atoms with Gasteiger partial charge < -0.3 is 14.8 Å². The van der Waals surface area contributed by atoms with Crippen LogP contribution in [0.25, 0.3) is 0 Å². The number of nitriles is 1. The highest BCUT2D eigenvalue weighted by Crippen LogP contribution is 2.34. The van der Waals surface area contributed by atoms with Crippen LogP contribution < -0.4 is 14.8 Å². The van der Waals surface area contributed by atoms with Gasteiger partial charge in [0.05, 0.1) is 36.0 Å². The van der Waals surface area contributed by atoms with Gasteiger partial charge in [0, 0.05) is 19.2 Å². The van der Waals surface area contributed by atoms with Gasteiger partial charge in [0.25, 0.3) is 0 Å². The van der Waals surface area contributed by atoms with Crippen LogP contribution in [0.3, 0.4) is 0 Å². The van der Waals surface area contributed by atoms with E-state index in [9.17, 15) is 9.59 Å². The molecule has 7 heteroatoms. The minimum absolute atomic E-state index is 0.0879. The van der Waals surface area contributed by atoms with E-state index in [1.165, 1.54) is 25.3 Å². The van der Waals surface area contributed by atoms with Crippen molar-refractivity contribution in [2.75, 3.05) is 11.9 Å². The molecule has 1 amide bonds. The highest BCUT2D eigenvalue weighted by atomic mass is 16.5. The normalized spacial score (nSPS) is 10.3. The molecular formula is C20H19N3O4. The Kier molecular flexibility index (Phi) is 7.08. The fourth-order valence-corrected chi connectivity index (χ4v) is 2.24. The van der Waals surface area contributed by atoms with E-state index >= 15 is 0 Å². The van der Waals surface area contributed by atoms with Crippen LogP contribution in [0.5, 0.6) is 11.5 Å². The Balaban J connectivity index is 2.48. The van der Waals surface area contributed by atoms with Gasteiger partial charge in [0.2, 0.25) is 5.91 Å². The van der Waals surface area contributed by atoms with Crippen molar-refractivity contribution in [2.24, 2.45) is 4.99 Å².